The second-order valence-corrected chi connectivity index (χ2v) is 6.67. The summed E-state index contributed by atoms with van der Waals surface area (Å²) in [5.74, 6) is 0.412. The van der Waals surface area contributed by atoms with Gasteiger partial charge in [-0.25, -0.2) is 0 Å². The van der Waals surface area contributed by atoms with Crippen LogP contribution in [0.3, 0.4) is 0 Å². The van der Waals surface area contributed by atoms with Crippen molar-refractivity contribution in [3.05, 3.63) is 10.6 Å². The molecule has 16 heavy (non-hydrogen) atoms. The van der Waals surface area contributed by atoms with Crippen LogP contribution in [0.1, 0.15) is 70.0 Å². The van der Waals surface area contributed by atoms with Crippen molar-refractivity contribution >= 4 is 11.5 Å². The van der Waals surface area contributed by atoms with Crippen molar-refractivity contribution in [1.82, 2.24) is 9.59 Å². The third-order valence-electron chi connectivity index (χ3n) is 2.63. The molecule has 0 fully saturated rings. The van der Waals surface area contributed by atoms with Crippen molar-refractivity contribution in [2.75, 3.05) is 0 Å². The topological polar surface area (TPSA) is 51.8 Å². The average Bonchev–Trinajstić information content (AvgIpc) is 2.61. The summed E-state index contributed by atoms with van der Waals surface area (Å²) >= 11 is 1.45. The molecule has 0 saturated carbocycles. The van der Waals surface area contributed by atoms with Gasteiger partial charge in [0.2, 0.25) is 0 Å². The molecule has 1 aromatic heterocycles. The van der Waals surface area contributed by atoms with Crippen LogP contribution < -0.4 is 5.73 Å². The zero-order valence-electron chi connectivity index (χ0n) is 10.9. The Bertz CT molecular complexity index is 325. The lowest BCUT2D eigenvalue weighted by molar-refractivity contribution is 0.350. The summed E-state index contributed by atoms with van der Waals surface area (Å²) in [4.78, 5) is 1.17. The van der Waals surface area contributed by atoms with Gasteiger partial charge in [0.1, 0.15) is 0 Å². The van der Waals surface area contributed by atoms with Gasteiger partial charge in [0.05, 0.1) is 10.6 Å². The molecule has 0 bridgehead atoms. The van der Waals surface area contributed by atoms with Crippen molar-refractivity contribution < 1.29 is 0 Å². The van der Waals surface area contributed by atoms with Gasteiger partial charge in [-0.1, -0.05) is 39.1 Å². The number of hydrogen-bond donors (Lipinski definition) is 1. The molecule has 0 saturated heterocycles. The van der Waals surface area contributed by atoms with E-state index in [0.29, 0.717) is 11.3 Å². The largest absolute Gasteiger partial charge is 0.323 e. The van der Waals surface area contributed by atoms with Gasteiger partial charge in [0, 0.05) is 6.04 Å². The van der Waals surface area contributed by atoms with Gasteiger partial charge in [0.15, 0.2) is 0 Å². The summed E-state index contributed by atoms with van der Waals surface area (Å²) in [7, 11) is 0. The van der Waals surface area contributed by atoms with Crippen LogP contribution in [-0.4, -0.2) is 9.59 Å². The molecule has 0 aliphatic carbocycles. The monoisotopic (exact) mass is 241 g/mol. The van der Waals surface area contributed by atoms with Crippen molar-refractivity contribution in [3.8, 4) is 0 Å². The Hall–Kier alpha value is -0.480. The molecular weight excluding hydrogens is 218 g/mol. The molecule has 0 radical (unpaired) electrons. The highest BCUT2D eigenvalue weighted by Gasteiger charge is 2.20. The van der Waals surface area contributed by atoms with E-state index in [0.717, 1.165) is 18.5 Å². The average molecular weight is 241 g/mol. The van der Waals surface area contributed by atoms with Crippen LogP contribution in [0.4, 0.5) is 0 Å². The van der Waals surface area contributed by atoms with Gasteiger partial charge in [0.25, 0.3) is 0 Å². The molecule has 1 rings (SSSR count). The Kier molecular flexibility index (Phi) is 4.44. The van der Waals surface area contributed by atoms with Crippen LogP contribution in [0.5, 0.6) is 0 Å². The summed E-state index contributed by atoms with van der Waals surface area (Å²) < 4.78 is 4.02. The van der Waals surface area contributed by atoms with Crippen molar-refractivity contribution in [3.63, 3.8) is 0 Å². The van der Waals surface area contributed by atoms with Crippen LogP contribution in [-0.2, 0) is 0 Å². The minimum atomic E-state index is 0.0941. The zero-order chi connectivity index (χ0) is 12.3. The minimum absolute atomic E-state index is 0.0941. The van der Waals surface area contributed by atoms with E-state index in [4.69, 9.17) is 5.73 Å². The molecule has 1 heterocycles. The van der Waals surface area contributed by atoms with E-state index in [2.05, 4.69) is 44.2 Å². The van der Waals surface area contributed by atoms with Crippen LogP contribution in [0, 0.1) is 5.41 Å². The normalized spacial score (nSPS) is 14.4. The Morgan fingerprint density at radius 3 is 2.44 bits per heavy atom. The number of nitrogens with two attached hydrogens (primary N) is 1. The number of hydrogen-bond acceptors (Lipinski definition) is 4. The minimum Gasteiger partial charge on any atom is -0.323 e. The fraction of sp³-hybridized carbons (Fsp3) is 0.833. The van der Waals surface area contributed by atoms with E-state index in [1.165, 1.54) is 16.4 Å². The molecule has 1 aromatic rings. The lowest BCUT2D eigenvalue weighted by Gasteiger charge is -2.20. The highest BCUT2D eigenvalue weighted by molar-refractivity contribution is 7.05. The predicted molar refractivity (Wildman–Crippen MR) is 69.6 cm³/mol. The molecule has 0 amide bonds. The van der Waals surface area contributed by atoms with Crippen LogP contribution >= 0.6 is 11.5 Å². The Morgan fingerprint density at radius 1 is 1.31 bits per heavy atom. The smallest absolute Gasteiger partial charge is 0.0828 e. The lowest BCUT2D eigenvalue weighted by Crippen LogP contribution is -2.15. The van der Waals surface area contributed by atoms with Gasteiger partial charge in [-0.2, -0.15) is 0 Å². The van der Waals surface area contributed by atoms with Gasteiger partial charge in [-0.15, -0.1) is 5.10 Å². The fourth-order valence-electron chi connectivity index (χ4n) is 1.58. The molecule has 3 nitrogen and oxygen atoms in total. The van der Waals surface area contributed by atoms with E-state index in [9.17, 15) is 0 Å². The highest BCUT2D eigenvalue weighted by atomic mass is 32.1. The van der Waals surface area contributed by atoms with Crippen LogP contribution in [0.2, 0.25) is 0 Å². The SMILES string of the molecule is CC(C)c1nnsc1C(N)CCC(C)(C)C. The van der Waals surface area contributed by atoms with Gasteiger partial charge < -0.3 is 5.73 Å². The van der Waals surface area contributed by atoms with Gasteiger partial charge >= 0.3 is 0 Å². The molecule has 2 N–H and O–H groups in total. The Morgan fingerprint density at radius 2 is 1.94 bits per heavy atom. The van der Waals surface area contributed by atoms with Crippen LogP contribution in [0.15, 0.2) is 0 Å². The molecule has 0 spiro atoms. The number of rotatable bonds is 4. The van der Waals surface area contributed by atoms with Crippen molar-refractivity contribution in [1.29, 1.82) is 0 Å². The van der Waals surface area contributed by atoms with Crippen LogP contribution in [0.25, 0.3) is 0 Å². The first kappa shape index (κ1) is 13.6. The summed E-state index contributed by atoms with van der Waals surface area (Å²) in [5.41, 5.74) is 7.63. The first-order chi connectivity index (χ1) is 7.31. The summed E-state index contributed by atoms with van der Waals surface area (Å²) in [6.45, 7) is 11.0. The molecule has 0 aromatic carbocycles. The zero-order valence-corrected chi connectivity index (χ0v) is 11.8. The first-order valence-electron chi connectivity index (χ1n) is 5.89. The summed E-state index contributed by atoms with van der Waals surface area (Å²) in [6, 6.07) is 0.0941. The van der Waals surface area contributed by atoms with E-state index >= 15 is 0 Å². The lowest BCUT2D eigenvalue weighted by atomic mass is 9.88. The maximum atomic E-state index is 6.22. The Balaban J connectivity index is 2.66. The van der Waals surface area contributed by atoms with Gasteiger partial charge in [-0.3, -0.25) is 0 Å². The van der Waals surface area contributed by atoms with Crippen molar-refractivity contribution in [2.45, 2.75) is 59.4 Å². The first-order valence-corrected chi connectivity index (χ1v) is 6.66. The maximum Gasteiger partial charge on any atom is 0.0828 e. The van der Waals surface area contributed by atoms with E-state index < -0.39 is 0 Å². The third kappa shape index (κ3) is 3.83. The molecule has 1 atom stereocenters. The molecular formula is C12H23N3S. The maximum absolute atomic E-state index is 6.22. The second kappa shape index (κ2) is 5.23. The number of aromatic nitrogens is 2. The second-order valence-electron chi connectivity index (χ2n) is 5.88. The third-order valence-corrected chi connectivity index (χ3v) is 3.50. The summed E-state index contributed by atoms with van der Waals surface area (Å²) in [5, 5.41) is 4.17. The fourth-order valence-corrected chi connectivity index (χ4v) is 2.42. The highest BCUT2D eigenvalue weighted by Crippen LogP contribution is 2.30. The Labute approximate surface area is 103 Å². The van der Waals surface area contributed by atoms with E-state index in [1.807, 2.05) is 0 Å². The summed E-state index contributed by atoms with van der Waals surface area (Å²) in [6.07, 6.45) is 2.14. The molecule has 0 aliphatic rings. The molecule has 0 aliphatic heterocycles. The quantitative estimate of drug-likeness (QED) is 0.878. The number of nitrogens with zero attached hydrogens (tertiary/aromatic N) is 2. The predicted octanol–water partition coefficient (Wildman–Crippen LogP) is 3.49. The van der Waals surface area contributed by atoms with E-state index in [1.54, 1.807) is 0 Å². The molecule has 4 heteroatoms. The standard InChI is InChI=1S/C12H23N3S/c1-8(2)10-11(16-15-14-10)9(13)6-7-12(3,4)5/h8-9H,6-7,13H2,1-5H3. The van der Waals surface area contributed by atoms with Gasteiger partial charge in [-0.05, 0) is 35.7 Å². The molecule has 92 valence electrons. The van der Waals surface area contributed by atoms with Crippen molar-refractivity contribution in [2.24, 2.45) is 11.1 Å². The van der Waals surface area contributed by atoms with E-state index in [-0.39, 0.29) is 6.04 Å². The molecule has 1 unspecified atom stereocenters.